The third-order valence-corrected chi connectivity index (χ3v) is 15.0. The number of benzene rings is 1. The standard InChI is InChI=1S/C44H57F3N10O7S/c1-43(2,61)28-54-26-31(23-49-54)39-36(44(45,46)47)24-48-42(52-39)50-32-12-20-56(21-13-32)65(62,63)55-18-10-29(11-19-55)25-53-16-14-33(15-17-53)64-22-4-6-30-5-3-7-34-35(30)27-57(41(34)60)37-8-9-38(58)51-40(37)59/h3,5,7,23-24,26,29,32-33,37,40,59,61H,8-22,25,27-28H2,1-2H3,(H,51,58)(H,48,50,52). The Morgan fingerprint density at radius 3 is 2.35 bits per heavy atom. The number of aromatic nitrogens is 4. The molecular weight excluding hydrogens is 870 g/mol. The summed E-state index contributed by atoms with van der Waals surface area (Å²) in [4.78, 5) is 37.1. The van der Waals surface area contributed by atoms with Crippen LogP contribution < -0.4 is 10.6 Å². The first kappa shape index (κ1) is 46.8. The van der Waals surface area contributed by atoms with Crippen molar-refractivity contribution >= 4 is 28.0 Å². The van der Waals surface area contributed by atoms with Crippen molar-refractivity contribution < 1.29 is 46.1 Å². The molecule has 2 amide bonds. The van der Waals surface area contributed by atoms with Crippen LogP contribution >= 0.6 is 0 Å². The normalized spacial score (nSPS) is 22.7. The second-order valence-corrected chi connectivity index (χ2v) is 20.3. The van der Waals surface area contributed by atoms with Crippen molar-refractivity contribution in [1.82, 2.24) is 43.5 Å². The number of alkyl halides is 3. The zero-order chi connectivity index (χ0) is 46.1. The Balaban J connectivity index is 0.751. The van der Waals surface area contributed by atoms with Gasteiger partial charge in [-0.05, 0) is 82.4 Å². The summed E-state index contributed by atoms with van der Waals surface area (Å²) in [6, 6.07) is 4.72. The van der Waals surface area contributed by atoms with E-state index in [0.717, 1.165) is 62.6 Å². The first-order valence-electron chi connectivity index (χ1n) is 22.4. The number of hydrogen-bond acceptors (Lipinski definition) is 12. The van der Waals surface area contributed by atoms with Gasteiger partial charge in [0.1, 0.15) is 18.4 Å². The van der Waals surface area contributed by atoms with E-state index < -0.39 is 39.8 Å². The van der Waals surface area contributed by atoms with E-state index in [-0.39, 0.29) is 73.8 Å². The number of carbonyl (C=O) groups excluding carboxylic acids is 2. The van der Waals surface area contributed by atoms with Crippen LogP contribution in [0.5, 0.6) is 0 Å². The zero-order valence-electron chi connectivity index (χ0n) is 36.6. The van der Waals surface area contributed by atoms with Crippen molar-refractivity contribution in [3.63, 3.8) is 0 Å². The first-order chi connectivity index (χ1) is 30.9. The maximum atomic E-state index is 14.0. The maximum Gasteiger partial charge on any atom is 0.419 e. The molecule has 17 nitrogen and oxygen atoms in total. The minimum Gasteiger partial charge on any atom is -0.389 e. The Hall–Kier alpha value is -4.69. The first-order valence-corrected chi connectivity index (χ1v) is 23.8. The Labute approximate surface area is 376 Å². The number of aliphatic hydroxyl groups excluding tert-OH is 1. The molecular formula is C44H57F3N10O7S. The van der Waals surface area contributed by atoms with Gasteiger partial charge < -0.3 is 35.4 Å². The fourth-order valence-corrected chi connectivity index (χ4v) is 11.2. The maximum absolute atomic E-state index is 14.0. The molecule has 2 aromatic heterocycles. The second-order valence-electron chi connectivity index (χ2n) is 18.4. The van der Waals surface area contributed by atoms with Gasteiger partial charge in [-0.1, -0.05) is 17.9 Å². The van der Waals surface area contributed by atoms with Crippen LogP contribution in [0, 0.1) is 17.8 Å². The summed E-state index contributed by atoms with van der Waals surface area (Å²) in [5, 5.41) is 30.3. The Bertz CT molecular complexity index is 2380. The number of piperidine rings is 4. The van der Waals surface area contributed by atoms with E-state index in [2.05, 4.69) is 42.4 Å². The van der Waals surface area contributed by atoms with Gasteiger partial charge in [-0.15, -0.1) is 0 Å². The van der Waals surface area contributed by atoms with Crippen LogP contribution in [-0.2, 0) is 39.0 Å². The minimum atomic E-state index is -4.71. The molecule has 7 heterocycles. The minimum absolute atomic E-state index is 0.00514. The number of hydrogen-bond donors (Lipinski definition) is 4. The second kappa shape index (κ2) is 19.3. The average molecular weight is 927 g/mol. The molecule has 0 bridgehead atoms. The summed E-state index contributed by atoms with van der Waals surface area (Å²) in [7, 11) is -3.69. The molecule has 0 saturated carbocycles. The molecule has 0 radical (unpaired) electrons. The lowest BCUT2D eigenvalue weighted by Crippen LogP contribution is -2.55. The van der Waals surface area contributed by atoms with E-state index in [4.69, 9.17) is 4.74 Å². The Morgan fingerprint density at radius 2 is 1.68 bits per heavy atom. The van der Waals surface area contributed by atoms with Gasteiger partial charge in [0.25, 0.3) is 16.1 Å². The zero-order valence-corrected chi connectivity index (χ0v) is 37.5. The van der Waals surface area contributed by atoms with E-state index in [1.807, 2.05) is 6.07 Å². The smallest absolute Gasteiger partial charge is 0.389 e. The molecule has 4 fully saturated rings. The molecule has 1 aromatic carbocycles. The number of nitrogens with zero attached hydrogens (tertiary/aromatic N) is 8. The van der Waals surface area contributed by atoms with Gasteiger partial charge in [0.2, 0.25) is 11.9 Å². The van der Waals surface area contributed by atoms with Crippen LogP contribution in [0.2, 0.25) is 0 Å². The number of rotatable bonds is 12. The fourth-order valence-electron chi connectivity index (χ4n) is 9.50. The van der Waals surface area contributed by atoms with Crippen molar-refractivity contribution in [1.29, 1.82) is 0 Å². The van der Waals surface area contributed by atoms with Gasteiger partial charge in [-0.2, -0.15) is 35.3 Å². The highest BCUT2D eigenvalue weighted by Crippen LogP contribution is 2.37. The quantitative estimate of drug-likeness (QED) is 0.194. The predicted molar refractivity (Wildman–Crippen MR) is 232 cm³/mol. The lowest BCUT2D eigenvalue weighted by molar-refractivity contribution is -0.137. The fraction of sp³-hybridized carbons (Fsp3) is 0.614. The van der Waals surface area contributed by atoms with Gasteiger partial charge in [0.05, 0.1) is 36.2 Å². The van der Waals surface area contributed by atoms with E-state index >= 15 is 0 Å². The molecule has 2 unspecified atom stereocenters. The molecule has 0 spiro atoms. The van der Waals surface area contributed by atoms with Crippen LogP contribution in [0.1, 0.15) is 92.3 Å². The van der Waals surface area contributed by atoms with Crippen LogP contribution in [-0.4, -0.2) is 151 Å². The molecule has 8 rings (SSSR count). The number of likely N-dealkylation sites (tertiary alicyclic amines) is 1. The van der Waals surface area contributed by atoms with Gasteiger partial charge in [-0.25, -0.2) is 9.97 Å². The summed E-state index contributed by atoms with van der Waals surface area (Å²) >= 11 is 0. The lowest BCUT2D eigenvalue weighted by Gasteiger charge is -2.39. The summed E-state index contributed by atoms with van der Waals surface area (Å²) in [6.07, 6.45) is 2.45. The predicted octanol–water partition coefficient (Wildman–Crippen LogP) is 3.05. The molecule has 2 atom stereocenters. The molecule has 3 aromatic rings. The van der Waals surface area contributed by atoms with Gasteiger partial charge in [0.15, 0.2) is 0 Å². The Morgan fingerprint density at radius 1 is 0.969 bits per heavy atom. The van der Waals surface area contributed by atoms with E-state index in [1.54, 1.807) is 35.2 Å². The SMILES string of the molecule is CC(C)(O)Cn1cc(-c2nc(NC3CCN(S(=O)(=O)N4CCC(CN5CCC(OCC#Cc6cccc7c6CN(C6CCC(=O)NC6O)C7=O)CC5)CC4)CC3)ncc2C(F)(F)F)cn1. The highest BCUT2D eigenvalue weighted by molar-refractivity contribution is 7.86. The van der Waals surface area contributed by atoms with E-state index in [9.17, 15) is 41.4 Å². The topological polar surface area (TPSA) is 199 Å². The van der Waals surface area contributed by atoms with Crippen molar-refractivity contribution in [3.8, 4) is 23.1 Å². The van der Waals surface area contributed by atoms with Crippen LogP contribution in [0.15, 0.2) is 36.8 Å². The van der Waals surface area contributed by atoms with Crippen molar-refractivity contribution in [2.75, 3.05) is 57.7 Å². The monoisotopic (exact) mass is 926 g/mol. The molecule has 352 valence electrons. The molecule has 5 aliphatic heterocycles. The third-order valence-electron chi connectivity index (χ3n) is 13.0. The van der Waals surface area contributed by atoms with Gasteiger partial charge in [0, 0.05) is 93.9 Å². The van der Waals surface area contributed by atoms with Crippen molar-refractivity contribution in [2.45, 2.75) is 114 Å². The van der Waals surface area contributed by atoms with Crippen LogP contribution in [0.3, 0.4) is 0 Å². The summed E-state index contributed by atoms with van der Waals surface area (Å²) in [6.45, 7) is 7.84. The molecule has 4 saturated heterocycles. The number of halogens is 3. The van der Waals surface area contributed by atoms with Crippen molar-refractivity contribution in [3.05, 3.63) is 59.0 Å². The molecule has 5 aliphatic rings. The summed E-state index contributed by atoms with van der Waals surface area (Å²) in [5.74, 6) is 6.28. The highest BCUT2D eigenvalue weighted by atomic mass is 32.2. The largest absolute Gasteiger partial charge is 0.419 e. The number of aliphatic hydroxyl groups is 2. The van der Waals surface area contributed by atoms with Crippen molar-refractivity contribution in [2.24, 2.45) is 5.92 Å². The number of fused-ring (bicyclic) bond motifs is 1. The summed E-state index contributed by atoms with van der Waals surface area (Å²) < 4.78 is 79.8. The highest BCUT2D eigenvalue weighted by Gasteiger charge is 2.41. The van der Waals surface area contributed by atoms with Crippen LogP contribution in [0.4, 0.5) is 19.1 Å². The number of ether oxygens (including phenoxy) is 1. The summed E-state index contributed by atoms with van der Waals surface area (Å²) in [5.41, 5.74) is -0.214. The number of amides is 2. The molecule has 65 heavy (non-hydrogen) atoms. The number of carbonyl (C=O) groups is 2. The molecule has 0 aliphatic carbocycles. The van der Waals surface area contributed by atoms with E-state index in [1.165, 1.54) is 21.4 Å². The van der Waals surface area contributed by atoms with E-state index in [0.29, 0.717) is 50.4 Å². The molecule has 4 N–H and O–H groups in total. The molecule has 21 heteroatoms. The number of nitrogens with one attached hydrogen (secondary N) is 2. The van der Waals surface area contributed by atoms with Gasteiger partial charge >= 0.3 is 6.18 Å². The average Bonchev–Trinajstić information content (AvgIpc) is 3.86. The number of anilines is 1. The lowest BCUT2D eigenvalue weighted by atomic mass is 9.96. The Kier molecular flexibility index (Phi) is 13.9. The third kappa shape index (κ3) is 11.1. The van der Waals surface area contributed by atoms with Gasteiger partial charge in [-0.3, -0.25) is 14.3 Å². The van der Waals surface area contributed by atoms with Crippen LogP contribution in [0.25, 0.3) is 11.3 Å².